The van der Waals surface area contributed by atoms with E-state index in [-0.39, 0.29) is 5.91 Å². The number of hydrogen-bond donors (Lipinski definition) is 1. The molecular weight excluding hydrogens is 338 g/mol. The Balaban J connectivity index is 1.38. The van der Waals surface area contributed by atoms with E-state index in [0.29, 0.717) is 18.0 Å². The van der Waals surface area contributed by atoms with E-state index in [1.807, 2.05) is 0 Å². The molecule has 1 aromatic carbocycles. The second-order valence-electron chi connectivity index (χ2n) is 6.85. The lowest BCUT2D eigenvalue weighted by Gasteiger charge is -2.26. The maximum absolute atomic E-state index is 12.4. The van der Waals surface area contributed by atoms with Crippen molar-refractivity contribution in [1.82, 2.24) is 9.88 Å². The highest BCUT2D eigenvalue weighted by atomic mass is 16.5. The van der Waals surface area contributed by atoms with Gasteiger partial charge in [0.1, 0.15) is 0 Å². The molecule has 0 bridgehead atoms. The van der Waals surface area contributed by atoms with Crippen molar-refractivity contribution in [3.05, 3.63) is 77.1 Å². The minimum absolute atomic E-state index is 0.0399. The molecule has 1 aliphatic heterocycles. The van der Waals surface area contributed by atoms with Crippen LogP contribution in [0.4, 0.5) is 5.69 Å². The van der Waals surface area contributed by atoms with E-state index in [2.05, 4.69) is 51.6 Å². The molecule has 27 heavy (non-hydrogen) atoms. The zero-order chi connectivity index (χ0) is 18.6. The molecule has 0 unspecified atom stereocenters. The van der Waals surface area contributed by atoms with Gasteiger partial charge in [-0.1, -0.05) is 24.3 Å². The molecule has 1 amide bonds. The zero-order valence-corrected chi connectivity index (χ0v) is 15.4. The van der Waals surface area contributed by atoms with Crippen LogP contribution in [0.1, 0.15) is 16.7 Å². The predicted molar refractivity (Wildman–Crippen MR) is 106 cm³/mol. The number of hydrogen-bond acceptors (Lipinski definition) is 4. The van der Waals surface area contributed by atoms with Crippen molar-refractivity contribution in [3.63, 3.8) is 0 Å². The molecule has 0 radical (unpaired) electrons. The lowest BCUT2D eigenvalue weighted by Crippen LogP contribution is -2.26. The Bertz CT molecular complexity index is 900. The van der Waals surface area contributed by atoms with Gasteiger partial charge in [0.05, 0.1) is 25.4 Å². The molecule has 138 valence electrons. The second-order valence-corrected chi connectivity index (χ2v) is 6.85. The van der Waals surface area contributed by atoms with Crippen LogP contribution in [-0.4, -0.2) is 36.0 Å². The molecule has 1 aromatic heterocycles. The smallest absolute Gasteiger partial charge is 0.228 e. The number of benzene rings is 1. The van der Waals surface area contributed by atoms with E-state index < -0.39 is 0 Å². The third kappa shape index (κ3) is 4.03. The van der Waals surface area contributed by atoms with Crippen molar-refractivity contribution in [2.75, 3.05) is 25.5 Å². The fourth-order valence-electron chi connectivity index (χ4n) is 3.51. The number of amides is 1. The van der Waals surface area contributed by atoms with Gasteiger partial charge in [-0.2, -0.15) is 0 Å². The number of fused-ring (bicyclic) bond motifs is 1. The van der Waals surface area contributed by atoms with Gasteiger partial charge < -0.3 is 15.0 Å². The van der Waals surface area contributed by atoms with Crippen LogP contribution in [0.5, 0.6) is 5.88 Å². The summed E-state index contributed by atoms with van der Waals surface area (Å²) in [7, 11) is 1.57. The highest BCUT2D eigenvalue weighted by Crippen LogP contribution is 2.23. The number of rotatable bonds is 5. The van der Waals surface area contributed by atoms with Gasteiger partial charge in [-0.25, -0.2) is 4.98 Å². The maximum Gasteiger partial charge on any atom is 0.228 e. The van der Waals surface area contributed by atoms with Crippen LogP contribution < -0.4 is 10.1 Å². The number of ether oxygens (including phenoxy) is 1. The largest absolute Gasteiger partial charge is 0.481 e. The first-order valence-corrected chi connectivity index (χ1v) is 9.25. The molecule has 0 fully saturated rings. The Kier molecular flexibility index (Phi) is 4.92. The standard InChI is InChI=1S/C22H23N3O2/c1-27-22-8-7-19(15-23-22)24-21(26)14-16-5-6-17-9-11-25(20-3-2-4-20)12-10-18(17)13-16/h2-8,13,15H,9-12,14H2,1H3,(H,24,26). The minimum Gasteiger partial charge on any atom is -0.481 e. The van der Waals surface area contributed by atoms with E-state index >= 15 is 0 Å². The number of pyridine rings is 1. The van der Waals surface area contributed by atoms with Gasteiger partial charge in [0.25, 0.3) is 0 Å². The molecule has 4 rings (SSSR count). The van der Waals surface area contributed by atoms with Crippen LogP contribution in [-0.2, 0) is 24.1 Å². The molecule has 0 atom stereocenters. The highest BCUT2D eigenvalue weighted by Gasteiger charge is 2.17. The number of allylic oxidation sites excluding steroid dienone is 3. The average molecular weight is 361 g/mol. The first-order valence-electron chi connectivity index (χ1n) is 9.25. The third-order valence-corrected chi connectivity index (χ3v) is 5.07. The zero-order valence-electron chi connectivity index (χ0n) is 15.4. The number of anilines is 1. The number of nitrogens with zero attached hydrogens (tertiary/aromatic N) is 2. The van der Waals surface area contributed by atoms with Crippen molar-refractivity contribution >= 4 is 11.6 Å². The summed E-state index contributed by atoms with van der Waals surface area (Å²) >= 11 is 0. The topological polar surface area (TPSA) is 54.5 Å². The van der Waals surface area contributed by atoms with Gasteiger partial charge in [-0.3, -0.25) is 4.79 Å². The van der Waals surface area contributed by atoms with Crippen LogP contribution in [0.15, 0.2) is 60.5 Å². The molecule has 1 aliphatic carbocycles. The number of nitrogens with one attached hydrogen (secondary N) is 1. The van der Waals surface area contributed by atoms with Gasteiger partial charge in [0.2, 0.25) is 11.8 Å². The van der Waals surface area contributed by atoms with Crippen molar-refractivity contribution in [2.24, 2.45) is 0 Å². The lowest BCUT2D eigenvalue weighted by molar-refractivity contribution is -0.115. The molecule has 0 saturated heterocycles. The predicted octanol–water partition coefficient (Wildman–Crippen LogP) is 3.13. The van der Waals surface area contributed by atoms with Crippen LogP contribution in [0.25, 0.3) is 0 Å². The van der Waals surface area contributed by atoms with Crippen LogP contribution in [0, 0.1) is 0 Å². The molecule has 2 aliphatic rings. The van der Waals surface area contributed by atoms with E-state index in [0.717, 1.165) is 31.5 Å². The molecule has 0 spiro atoms. The summed E-state index contributed by atoms with van der Waals surface area (Å²) < 4.78 is 5.03. The Morgan fingerprint density at radius 2 is 2.00 bits per heavy atom. The van der Waals surface area contributed by atoms with E-state index in [9.17, 15) is 4.79 Å². The molecule has 2 aromatic rings. The fraction of sp³-hybridized carbons (Fsp3) is 0.273. The van der Waals surface area contributed by atoms with Gasteiger partial charge >= 0.3 is 0 Å². The second kappa shape index (κ2) is 7.66. The minimum atomic E-state index is -0.0399. The Morgan fingerprint density at radius 1 is 1.19 bits per heavy atom. The average Bonchev–Trinajstić information content (AvgIpc) is 2.83. The molecule has 5 heteroatoms. The van der Waals surface area contributed by atoms with Crippen LogP contribution in [0.2, 0.25) is 0 Å². The van der Waals surface area contributed by atoms with Crippen LogP contribution in [0.3, 0.4) is 0 Å². The van der Waals surface area contributed by atoms with Crippen LogP contribution >= 0.6 is 0 Å². The summed E-state index contributed by atoms with van der Waals surface area (Å²) in [5.74, 6) is 0.489. The van der Waals surface area contributed by atoms with E-state index in [1.54, 1.807) is 25.4 Å². The van der Waals surface area contributed by atoms with Crippen molar-refractivity contribution in [3.8, 4) is 5.88 Å². The SMILES string of the molecule is COc1ccc(NC(=O)Cc2ccc3c(c2)CCN(C2=CC=C2)CC3)cn1. The Hall–Kier alpha value is -3.08. The van der Waals surface area contributed by atoms with Gasteiger partial charge in [0.15, 0.2) is 0 Å². The lowest BCUT2D eigenvalue weighted by atomic mass is 9.98. The number of aromatic nitrogens is 1. The number of methoxy groups -OCH3 is 1. The Labute approximate surface area is 159 Å². The molecule has 1 N–H and O–H groups in total. The first kappa shape index (κ1) is 17.3. The van der Waals surface area contributed by atoms with Crippen molar-refractivity contribution in [1.29, 1.82) is 0 Å². The summed E-state index contributed by atoms with van der Waals surface area (Å²) in [4.78, 5) is 18.9. The summed E-state index contributed by atoms with van der Waals surface area (Å²) in [6, 6.07) is 9.97. The summed E-state index contributed by atoms with van der Waals surface area (Å²) in [6.45, 7) is 2.07. The van der Waals surface area contributed by atoms with E-state index in [1.165, 1.54) is 16.8 Å². The maximum atomic E-state index is 12.4. The molecular formula is C22H23N3O2. The summed E-state index contributed by atoms with van der Waals surface area (Å²) in [6.07, 6.45) is 10.4. The normalized spacial score (nSPS) is 15.3. The summed E-state index contributed by atoms with van der Waals surface area (Å²) in [5, 5.41) is 2.89. The van der Waals surface area contributed by atoms with Gasteiger partial charge in [-0.05, 0) is 47.8 Å². The number of carbonyl (C=O) groups excluding carboxylic acids is 1. The van der Waals surface area contributed by atoms with Gasteiger partial charge in [-0.15, -0.1) is 0 Å². The quantitative estimate of drug-likeness (QED) is 0.889. The van der Waals surface area contributed by atoms with Gasteiger partial charge in [0, 0.05) is 24.9 Å². The number of carbonyl (C=O) groups is 1. The summed E-state index contributed by atoms with van der Waals surface area (Å²) in [5.41, 5.74) is 5.80. The monoisotopic (exact) mass is 361 g/mol. The molecule has 5 nitrogen and oxygen atoms in total. The first-order chi connectivity index (χ1) is 13.2. The third-order valence-electron chi connectivity index (χ3n) is 5.07. The van der Waals surface area contributed by atoms with Crippen molar-refractivity contribution < 1.29 is 9.53 Å². The van der Waals surface area contributed by atoms with E-state index in [4.69, 9.17) is 4.74 Å². The molecule has 0 saturated carbocycles. The highest BCUT2D eigenvalue weighted by molar-refractivity contribution is 5.92. The Morgan fingerprint density at radius 3 is 2.67 bits per heavy atom. The fourth-order valence-corrected chi connectivity index (χ4v) is 3.51. The molecule has 2 heterocycles. The van der Waals surface area contributed by atoms with Crippen molar-refractivity contribution in [2.45, 2.75) is 19.3 Å².